The molecule has 1 heterocycles. The van der Waals surface area contributed by atoms with Crippen molar-refractivity contribution in [2.45, 2.75) is 32.9 Å². The predicted octanol–water partition coefficient (Wildman–Crippen LogP) is 1.55. The van der Waals surface area contributed by atoms with Crippen LogP contribution in [-0.4, -0.2) is 52.9 Å². The van der Waals surface area contributed by atoms with Crippen LogP contribution in [0.25, 0.3) is 11.3 Å². The fourth-order valence-corrected chi connectivity index (χ4v) is 2.81. The van der Waals surface area contributed by atoms with Crippen LogP contribution in [0.3, 0.4) is 0 Å². The van der Waals surface area contributed by atoms with Crippen LogP contribution in [0.1, 0.15) is 31.9 Å². The molecule has 1 aromatic carbocycles. The highest BCUT2D eigenvalue weighted by Crippen LogP contribution is 2.25. The van der Waals surface area contributed by atoms with E-state index < -0.39 is 11.6 Å². The van der Waals surface area contributed by atoms with E-state index in [9.17, 15) is 9.90 Å². The second-order valence-electron chi connectivity index (χ2n) is 8.23. The smallest absolute Gasteiger partial charge is 0.332 e. The first-order valence-corrected chi connectivity index (χ1v) is 10.5. The predicted molar refractivity (Wildman–Crippen MR) is 125 cm³/mol. The lowest BCUT2D eigenvalue weighted by atomic mass is 10.0. The zero-order chi connectivity index (χ0) is 24.4. The number of aromatic nitrogens is 2. The van der Waals surface area contributed by atoms with Crippen molar-refractivity contribution in [2.24, 2.45) is 17.2 Å². The topological polar surface area (TPSA) is 161 Å². The van der Waals surface area contributed by atoms with Crippen molar-refractivity contribution in [3.63, 3.8) is 0 Å². The van der Waals surface area contributed by atoms with Crippen molar-refractivity contribution >= 4 is 17.2 Å². The highest BCUT2D eigenvalue weighted by molar-refractivity contribution is 5.84. The summed E-state index contributed by atoms with van der Waals surface area (Å²) in [5, 5.41) is 14.3. The molecular weight excluding hydrogens is 426 g/mol. The summed E-state index contributed by atoms with van der Waals surface area (Å²) in [6.07, 6.45) is 4.99. The Bertz CT molecular complexity index is 987. The summed E-state index contributed by atoms with van der Waals surface area (Å²) in [5.74, 6) is -0.276. The zero-order valence-electron chi connectivity index (χ0n) is 19.3. The first-order valence-electron chi connectivity index (χ1n) is 10.5. The minimum Gasteiger partial charge on any atom is -0.507 e. The van der Waals surface area contributed by atoms with Gasteiger partial charge in [0, 0.05) is 28.6 Å². The maximum absolute atomic E-state index is 11.6. The standard InChI is InChI=1S/C23H33N5O5/c1-23(2,3)33-21(30)15-32-11-10-31-9-8-28-14-16(13-27-28)18(22(25)26)12-19(24)17-6-4-5-7-20(17)29/h4-7,12-14,29H,8-11,15,24-26H2,1-3H3/b19-12-. The fourth-order valence-electron chi connectivity index (χ4n) is 2.81. The summed E-state index contributed by atoms with van der Waals surface area (Å²) in [5.41, 5.74) is 19.3. The first-order chi connectivity index (χ1) is 15.6. The van der Waals surface area contributed by atoms with Crippen LogP contribution in [-0.2, 0) is 25.5 Å². The molecule has 0 spiro atoms. The molecule has 0 saturated carbocycles. The second kappa shape index (κ2) is 11.9. The number of benzene rings is 1. The van der Waals surface area contributed by atoms with Gasteiger partial charge in [0.1, 0.15) is 23.8 Å². The van der Waals surface area contributed by atoms with E-state index >= 15 is 0 Å². The van der Waals surface area contributed by atoms with Gasteiger partial charge in [-0.05, 0) is 39.0 Å². The maximum Gasteiger partial charge on any atom is 0.332 e. The van der Waals surface area contributed by atoms with Crippen LogP contribution < -0.4 is 17.2 Å². The summed E-state index contributed by atoms with van der Waals surface area (Å²) < 4.78 is 17.6. The van der Waals surface area contributed by atoms with E-state index in [4.69, 9.17) is 31.4 Å². The molecule has 10 heteroatoms. The molecule has 0 aliphatic heterocycles. The van der Waals surface area contributed by atoms with Gasteiger partial charge >= 0.3 is 5.97 Å². The third kappa shape index (κ3) is 8.87. The lowest BCUT2D eigenvalue weighted by Crippen LogP contribution is -2.27. The molecule has 0 radical (unpaired) electrons. The first kappa shape index (κ1) is 25.8. The third-order valence-corrected chi connectivity index (χ3v) is 4.25. The Hall–Kier alpha value is -3.50. The normalized spacial score (nSPS) is 11.9. The van der Waals surface area contributed by atoms with Gasteiger partial charge in [-0.25, -0.2) is 4.79 Å². The van der Waals surface area contributed by atoms with Gasteiger partial charge in [0.15, 0.2) is 0 Å². The van der Waals surface area contributed by atoms with Crippen LogP contribution in [0.4, 0.5) is 0 Å². The molecule has 180 valence electrons. The quantitative estimate of drug-likeness (QED) is 0.222. The molecule has 0 aliphatic rings. The minimum absolute atomic E-state index is 0.0594. The average Bonchev–Trinajstić information content (AvgIpc) is 3.18. The molecule has 0 saturated heterocycles. The molecule has 0 amide bonds. The van der Waals surface area contributed by atoms with Crippen molar-refractivity contribution < 1.29 is 24.1 Å². The third-order valence-electron chi connectivity index (χ3n) is 4.25. The summed E-state index contributed by atoms with van der Waals surface area (Å²) in [6, 6.07) is 6.72. The Morgan fingerprint density at radius 1 is 1.12 bits per heavy atom. The lowest BCUT2D eigenvalue weighted by Gasteiger charge is -2.19. The summed E-state index contributed by atoms with van der Waals surface area (Å²) in [7, 11) is 0. The number of ether oxygens (including phenoxy) is 3. The molecule has 0 atom stereocenters. The SMILES string of the molecule is CC(C)(C)OC(=O)COCCOCCn1cc(C(/C=C(\N)c2ccccc2O)=C(N)N)cn1. The molecular formula is C23H33N5O5. The van der Waals surface area contributed by atoms with E-state index in [0.29, 0.717) is 42.2 Å². The number of esters is 1. The van der Waals surface area contributed by atoms with E-state index in [1.165, 1.54) is 0 Å². The lowest BCUT2D eigenvalue weighted by molar-refractivity contribution is -0.160. The number of hydrogen-bond donors (Lipinski definition) is 4. The van der Waals surface area contributed by atoms with Crippen molar-refractivity contribution in [3.8, 4) is 5.75 Å². The highest BCUT2D eigenvalue weighted by atomic mass is 16.6. The minimum atomic E-state index is -0.534. The monoisotopic (exact) mass is 459 g/mol. The Kier molecular flexibility index (Phi) is 9.31. The van der Waals surface area contributed by atoms with Crippen molar-refractivity contribution in [1.29, 1.82) is 0 Å². The maximum atomic E-state index is 11.6. The van der Waals surface area contributed by atoms with Crippen LogP contribution >= 0.6 is 0 Å². The molecule has 0 unspecified atom stereocenters. The number of rotatable bonds is 11. The highest BCUT2D eigenvalue weighted by Gasteiger charge is 2.16. The fraction of sp³-hybridized carbons (Fsp3) is 0.391. The number of nitrogens with two attached hydrogens (primary N) is 3. The number of nitrogens with zero attached hydrogens (tertiary/aromatic N) is 2. The number of allylic oxidation sites excluding steroid dienone is 2. The van der Waals surface area contributed by atoms with Crippen molar-refractivity contribution in [3.05, 3.63) is 59.7 Å². The van der Waals surface area contributed by atoms with E-state index in [0.717, 1.165) is 0 Å². The van der Waals surface area contributed by atoms with Gasteiger partial charge in [0.2, 0.25) is 0 Å². The van der Waals surface area contributed by atoms with E-state index in [-0.39, 0.29) is 24.8 Å². The Morgan fingerprint density at radius 2 is 1.82 bits per heavy atom. The van der Waals surface area contributed by atoms with Crippen LogP contribution in [0.2, 0.25) is 0 Å². The Morgan fingerprint density at radius 3 is 2.48 bits per heavy atom. The van der Waals surface area contributed by atoms with Gasteiger partial charge in [0.05, 0.1) is 32.6 Å². The summed E-state index contributed by atoms with van der Waals surface area (Å²) in [4.78, 5) is 11.6. The van der Waals surface area contributed by atoms with Gasteiger partial charge < -0.3 is 36.5 Å². The average molecular weight is 460 g/mol. The number of phenolic OH excluding ortho intramolecular Hbond substituents is 1. The zero-order valence-corrected chi connectivity index (χ0v) is 19.3. The van der Waals surface area contributed by atoms with E-state index in [1.807, 2.05) is 0 Å². The van der Waals surface area contributed by atoms with Crippen molar-refractivity contribution in [1.82, 2.24) is 9.78 Å². The second-order valence-corrected chi connectivity index (χ2v) is 8.23. The number of phenols is 1. The van der Waals surface area contributed by atoms with E-state index in [1.54, 1.807) is 68.2 Å². The van der Waals surface area contributed by atoms with Gasteiger partial charge in [-0.3, -0.25) is 4.68 Å². The molecule has 33 heavy (non-hydrogen) atoms. The van der Waals surface area contributed by atoms with E-state index in [2.05, 4.69) is 5.10 Å². The molecule has 0 fully saturated rings. The number of para-hydroxylation sites is 1. The van der Waals surface area contributed by atoms with Crippen LogP contribution in [0.15, 0.2) is 48.6 Å². The number of carbonyl (C=O) groups is 1. The van der Waals surface area contributed by atoms with Gasteiger partial charge in [-0.15, -0.1) is 0 Å². The van der Waals surface area contributed by atoms with Crippen LogP contribution in [0.5, 0.6) is 5.75 Å². The van der Waals surface area contributed by atoms with Crippen molar-refractivity contribution in [2.75, 3.05) is 26.4 Å². The van der Waals surface area contributed by atoms with Crippen LogP contribution in [0, 0.1) is 0 Å². The number of hydrogen-bond acceptors (Lipinski definition) is 9. The Labute approximate surface area is 193 Å². The largest absolute Gasteiger partial charge is 0.507 e. The van der Waals surface area contributed by atoms with Gasteiger partial charge in [-0.1, -0.05) is 12.1 Å². The number of aromatic hydroxyl groups is 1. The summed E-state index contributed by atoms with van der Waals surface area (Å²) >= 11 is 0. The molecule has 1 aromatic heterocycles. The molecule has 2 aromatic rings. The molecule has 0 aliphatic carbocycles. The van der Waals surface area contributed by atoms with Gasteiger partial charge in [-0.2, -0.15) is 5.10 Å². The Balaban J connectivity index is 1.82. The summed E-state index contributed by atoms with van der Waals surface area (Å²) in [6.45, 7) is 6.77. The van der Waals surface area contributed by atoms with Gasteiger partial charge in [0.25, 0.3) is 0 Å². The molecule has 10 nitrogen and oxygen atoms in total. The molecule has 0 bridgehead atoms. The molecule has 2 rings (SSSR count). The molecule has 7 N–H and O–H groups in total. The number of carbonyl (C=O) groups excluding carboxylic acids is 1.